The quantitative estimate of drug-likeness (QED) is 0.750. The van der Waals surface area contributed by atoms with Gasteiger partial charge >= 0.3 is 0 Å². The average Bonchev–Trinajstić information content (AvgIpc) is 2.29. The monoisotopic (exact) mass is 290 g/mol. The zero-order valence-corrected chi connectivity index (χ0v) is 11.3. The summed E-state index contributed by atoms with van der Waals surface area (Å²) in [6, 6.07) is 5.71. The van der Waals surface area contributed by atoms with Gasteiger partial charge in [-0.05, 0) is 37.2 Å². The van der Waals surface area contributed by atoms with Crippen molar-refractivity contribution in [3.63, 3.8) is 0 Å². The Bertz CT molecular complexity index is 500. The van der Waals surface area contributed by atoms with Crippen molar-refractivity contribution >= 4 is 27.3 Å². The van der Waals surface area contributed by atoms with Gasteiger partial charge in [-0.15, -0.1) is 0 Å². The molecule has 0 saturated heterocycles. The summed E-state index contributed by atoms with van der Waals surface area (Å²) in [6.45, 7) is 0.829. The Morgan fingerprint density at radius 3 is 2.44 bits per heavy atom. The van der Waals surface area contributed by atoms with E-state index in [-0.39, 0.29) is 4.90 Å². The van der Waals surface area contributed by atoms with Crippen molar-refractivity contribution in [3.8, 4) is 0 Å². The minimum Gasteiger partial charge on any atom is -0.355 e. The Balaban J connectivity index is 2.64. The fourth-order valence-corrected chi connectivity index (χ4v) is 2.57. The van der Waals surface area contributed by atoms with Gasteiger partial charge in [0, 0.05) is 11.6 Å². The van der Waals surface area contributed by atoms with Gasteiger partial charge in [-0.2, -0.15) is 0 Å². The smallest absolute Gasteiger partial charge is 0.235 e. The Kier molecular flexibility index (Phi) is 5.58. The molecule has 100 valence electrons. The molecule has 1 rings (SSSR count). The zero-order chi connectivity index (χ0) is 13.6. The summed E-state index contributed by atoms with van der Waals surface area (Å²) < 4.78 is 23.7. The molecular formula is C11H15ClN2O3S. The summed E-state index contributed by atoms with van der Waals surface area (Å²) in [5.41, 5.74) is 5.27. The van der Waals surface area contributed by atoms with Gasteiger partial charge in [0.2, 0.25) is 5.91 Å². The van der Waals surface area contributed by atoms with E-state index >= 15 is 0 Å². The standard InChI is InChI=1S/C11H15ClN2O3S/c12-9-2-4-10(5-3-9)18(16,17)8-11(15)14-7-1-6-13/h2-5H,1,6-8,13H2,(H,14,15). The number of carbonyl (C=O) groups is 1. The first-order valence-corrected chi connectivity index (χ1v) is 7.44. The minimum atomic E-state index is -3.62. The summed E-state index contributed by atoms with van der Waals surface area (Å²) >= 11 is 5.67. The van der Waals surface area contributed by atoms with Crippen LogP contribution < -0.4 is 11.1 Å². The summed E-state index contributed by atoms with van der Waals surface area (Å²) in [7, 11) is -3.62. The van der Waals surface area contributed by atoms with Crippen LogP contribution in [0, 0.1) is 0 Å². The molecular weight excluding hydrogens is 276 g/mol. The van der Waals surface area contributed by atoms with Crippen LogP contribution in [0.1, 0.15) is 6.42 Å². The van der Waals surface area contributed by atoms with Crippen LogP contribution in [0.5, 0.6) is 0 Å². The van der Waals surface area contributed by atoms with E-state index in [4.69, 9.17) is 17.3 Å². The lowest BCUT2D eigenvalue weighted by Gasteiger charge is -2.06. The molecule has 0 fully saturated rings. The second kappa shape index (κ2) is 6.72. The second-order valence-electron chi connectivity index (χ2n) is 3.71. The van der Waals surface area contributed by atoms with Gasteiger partial charge < -0.3 is 11.1 Å². The van der Waals surface area contributed by atoms with Crippen LogP contribution in [0.3, 0.4) is 0 Å². The third-order valence-electron chi connectivity index (χ3n) is 2.20. The topological polar surface area (TPSA) is 89.3 Å². The lowest BCUT2D eigenvalue weighted by molar-refractivity contribution is -0.118. The number of hydrogen-bond donors (Lipinski definition) is 2. The maximum absolute atomic E-state index is 11.9. The zero-order valence-electron chi connectivity index (χ0n) is 9.73. The maximum Gasteiger partial charge on any atom is 0.235 e. The molecule has 18 heavy (non-hydrogen) atoms. The van der Waals surface area contributed by atoms with Crippen LogP contribution in [-0.4, -0.2) is 33.2 Å². The second-order valence-corrected chi connectivity index (χ2v) is 6.13. The molecule has 5 nitrogen and oxygen atoms in total. The van der Waals surface area contributed by atoms with E-state index < -0.39 is 21.5 Å². The third kappa shape index (κ3) is 4.64. The van der Waals surface area contributed by atoms with E-state index in [1.165, 1.54) is 24.3 Å². The summed E-state index contributed by atoms with van der Waals surface area (Å²) in [5, 5.41) is 2.94. The van der Waals surface area contributed by atoms with E-state index in [1.54, 1.807) is 0 Å². The number of rotatable bonds is 6. The molecule has 0 aliphatic heterocycles. The number of halogens is 1. The number of amides is 1. The van der Waals surface area contributed by atoms with Crippen molar-refractivity contribution in [1.29, 1.82) is 0 Å². The van der Waals surface area contributed by atoms with Gasteiger partial charge in [0.15, 0.2) is 9.84 Å². The van der Waals surface area contributed by atoms with E-state index in [9.17, 15) is 13.2 Å². The highest BCUT2D eigenvalue weighted by atomic mass is 35.5. The molecule has 7 heteroatoms. The van der Waals surface area contributed by atoms with Crippen LogP contribution in [0.4, 0.5) is 0 Å². The number of nitrogens with two attached hydrogens (primary N) is 1. The fourth-order valence-electron chi connectivity index (χ4n) is 1.28. The van der Waals surface area contributed by atoms with Crippen molar-refractivity contribution in [1.82, 2.24) is 5.32 Å². The Hall–Kier alpha value is -1.11. The van der Waals surface area contributed by atoms with E-state index in [0.717, 1.165) is 0 Å². The highest BCUT2D eigenvalue weighted by molar-refractivity contribution is 7.92. The SMILES string of the molecule is NCCCNC(=O)CS(=O)(=O)c1ccc(Cl)cc1. The van der Waals surface area contributed by atoms with Crippen LogP contribution in [-0.2, 0) is 14.6 Å². The molecule has 0 aromatic heterocycles. The van der Waals surface area contributed by atoms with Gasteiger partial charge in [0.25, 0.3) is 0 Å². The molecule has 0 spiro atoms. The van der Waals surface area contributed by atoms with Crippen LogP contribution >= 0.6 is 11.6 Å². The lowest BCUT2D eigenvalue weighted by Crippen LogP contribution is -2.31. The average molecular weight is 291 g/mol. The van der Waals surface area contributed by atoms with Crippen molar-refractivity contribution < 1.29 is 13.2 Å². The molecule has 0 aliphatic rings. The first-order valence-electron chi connectivity index (χ1n) is 5.41. The molecule has 1 aromatic rings. The van der Waals surface area contributed by atoms with Gasteiger partial charge in [0.1, 0.15) is 5.75 Å². The first kappa shape index (κ1) is 14.9. The van der Waals surface area contributed by atoms with Crippen molar-refractivity contribution in [2.75, 3.05) is 18.8 Å². The van der Waals surface area contributed by atoms with Crippen molar-refractivity contribution in [2.45, 2.75) is 11.3 Å². The molecule has 0 heterocycles. The first-order chi connectivity index (χ1) is 8.45. The normalized spacial score (nSPS) is 11.2. The number of benzene rings is 1. The molecule has 0 bridgehead atoms. The number of carbonyl (C=O) groups excluding carboxylic acids is 1. The summed E-state index contributed by atoms with van der Waals surface area (Å²) in [6.07, 6.45) is 0.618. The molecule has 1 amide bonds. The minimum absolute atomic E-state index is 0.0841. The molecule has 0 atom stereocenters. The predicted octanol–water partition coefficient (Wildman–Crippen LogP) is 0.579. The van der Waals surface area contributed by atoms with E-state index in [0.29, 0.717) is 24.5 Å². The van der Waals surface area contributed by atoms with Crippen LogP contribution in [0.15, 0.2) is 29.2 Å². The molecule has 0 aliphatic carbocycles. The van der Waals surface area contributed by atoms with Crippen molar-refractivity contribution in [2.24, 2.45) is 5.73 Å². The number of hydrogen-bond acceptors (Lipinski definition) is 4. The molecule has 0 saturated carbocycles. The highest BCUT2D eigenvalue weighted by Gasteiger charge is 2.18. The van der Waals surface area contributed by atoms with E-state index in [1.807, 2.05) is 0 Å². The third-order valence-corrected chi connectivity index (χ3v) is 4.08. The van der Waals surface area contributed by atoms with E-state index in [2.05, 4.69) is 5.32 Å². The molecule has 3 N–H and O–H groups in total. The van der Waals surface area contributed by atoms with Gasteiger partial charge in [0.05, 0.1) is 4.90 Å². The van der Waals surface area contributed by atoms with Gasteiger partial charge in [-0.25, -0.2) is 8.42 Å². The molecule has 0 radical (unpaired) electrons. The van der Waals surface area contributed by atoms with Gasteiger partial charge in [-0.3, -0.25) is 4.79 Å². The van der Waals surface area contributed by atoms with Crippen LogP contribution in [0.25, 0.3) is 0 Å². The number of sulfone groups is 1. The Labute approximate surface area is 111 Å². The summed E-state index contributed by atoms with van der Waals surface area (Å²) in [4.78, 5) is 11.5. The van der Waals surface area contributed by atoms with Crippen LogP contribution in [0.2, 0.25) is 5.02 Å². The molecule has 1 aromatic carbocycles. The van der Waals surface area contributed by atoms with Gasteiger partial charge in [-0.1, -0.05) is 11.6 Å². The molecule has 0 unspecified atom stereocenters. The Morgan fingerprint density at radius 1 is 1.28 bits per heavy atom. The maximum atomic E-state index is 11.9. The largest absolute Gasteiger partial charge is 0.355 e. The highest BCUT2D eigenvalue weighted by Crippen LogP contribution is 2.15. The number of nitrogens with one attached hydrogen (secondary N) is 1. The van der Waals surface area contributed by atoms with Crippen molar-refractivity contribution in [3.05, 3.63) is 29.3 Å². The predicted molar refractivity (Wildman–Crippen MR) is 70.2 cm³/mol. The lowest BCUT2D eigenvalue weighted by atomic mass is 10.4. The Morgan fingerprint density at radius 2 is 1.89 bits per heavy atom. The summed E-state index contributed by atoms with van der Waals surface area (Å²) in [5.74, 6) is -1.10. The fraction of sp³-hybridized carbons (Fsp3) is 0.364.